The van der Waals surface area contributed by atoms with Crippen LogP contribution in [0.3, 0.4) is 0 Å². The van der Waals surface area contributed by atoms with E-state index in [4.69, 9.17) is 9.84 Å². The lowest BCUT2D eigenvalue weighted by molar-refractivity contribution is 0.296. The van der Waals surface area contributed by atoms with Gasteiger partial charge in [-0.25, -0.2) is 4.98 Å². The van der Waals surface area contributed by atoms with E-state index in [0.717, 1.165) is 46.8 Å². The molecule has 0 unspecified atom stereocenters. The topological polar surface area (TPSA) is 54.4 Å². The molecule has 0 saturated heterocycles. The van der Waals surface area contributed by atoms with E-state index in [0.29, 0.717) is 0 Å². The van der Waals surface area contributed by atoms with Gasteiger partial charge in [-0.15, -0.1) is 0 Å². The first-order chi connectivity index (χ1) is 9.85. The first-order valence-electron chi connectivity index (χ1n) is 6.70. The molecule has 1 heterocycles. The van der Waals surface area contributed by atoms with Crippen LogP contribution in [0.4, 0.5) is 5.82 Å². The number of benzene rings is 1. The summed E-state index contributed by atoms with van der Waals surface area (Å²) in [4.78, 5) is 4.40. The zero-order chi connectivity index (χ0) is 14.2. The second-order valence-electron chi connectivity index (χ2n) is 4.36. The first-order valence-corrected chi connectivity index (χ1v) is 7.86. The van der Waals surface area contributed by atoms with Gasteiger partial charge in [-0.3, -0.25) is 0 Å². The molecule has 5 heteroatoms. The van der Waals surface area contributed by atoms with Crippen molar-refractivity contribution in [2.45, 2.75) is 6.42 Å². The number of nitrogens with zero attached hydrogens (tertiary/aromatic N) is 1. The second kappa shape index (κ2) is 7.97. The molecule has 0 spiro atoms. The van der Waals surface area contributed by atoms with Gasteiger partial charge in [-0.1, -0.05) is 0 Å². The Labute approximate surface area is 123 Å². The van der Waals surface area contributed by atoms with Crippen LogP contribution in [0.2, 0.25) is 0 Å². The molecule has 0 aliphatic heterocycles. The second-order valence-corrected chi connectivity index (χ2v) is 5.59. The van der Waals surface area contributed by atoms with Crippen molar-refractivity contribution in [1.82, 2.24) is 4.98 Å². The first kappa shape index (κ1) is 14.9. The number of methoxy groups -OCH3 is 1. The molecule has 2 aromatic rings. The van der Waals surface area contributed by atoms with E-state index in [1.807, 2.05) is 42.2 Å². The molecule has 108 valence electrons. The normalized spacial score (nSPS) is 10.7. The van der Waals surface area contributed by atoms with Crippen molar-refractivity contribution in [3.8, 4) is 5.75 Å². The largest absolute Gasteiger partial charge is 0.497 e. The van der Waals surface area contributed by atoms with Gasteiger partial charge < -0.3 is 15.2 Å². The van der Waals surface area contributed by atoms with Gasteiger partial charge in [0, 0.05) is 30.5 Å². The third-order valence-electron chi connectivity index (χ3n) is 2.96. The molecule has 20 heavy (non-hydrogen) atoms. The summed E-state index contributed by atoms with van der Waals surface area (Å²) in [6, 6.07) is 7.98. The number of fused-ring (bicyclic) bond motifs is 1. The molecule has 0 saturated carbocycles. The summed E-state index contributed by atoms with van der Waals surface area (Å²) in [5, 5.41) is 14.3. The Morgan fingerprint density at radius 2 is 2.20 bits per heavy atom. The van der Waals surface area contributed by atoms with E-state index in [9.17, 15) is 0 Å². The van der Waals surface area contributed by atoms with Crippen molar-refractivity contribution in [2.75, 3.05) is 37.1 Å². The van der Waals surface area contributed by atoms with Gasteiger partial charge in [-0.05, 0) is 41.8 Å². The van der Waals surface area contributed by atoms with Crippen LogP contribution >= 0.6 is 11.8 Å². The van der Waals surface area contributed by atoms with Crippen molar-refractivity contribution in [1.29, 1.82) is 0 Å². The highest BCUT2D eigenvalue weighted by Crippen LogP contribution is 2.25. The Bertz CT molecular complexity index is 548. The summed E-state index contributed by atoms with van der Waals surface area (Å²) in [6.45, 7) is 1.14. The number of aliphatic hydroxyl groups is 1. The fourth-order valence-electron chi connectivity index (χ4n) is 1.93. The lowest BCUT2D eigenvalue weighted by Gasteiger charge is -2.09. The van der Waals surface area contributed by atoms with Crippen LogP contribution in [0, 0.1) is 0 Å². The summed E-state index contributed by atoms with van der Waals surface area (Å²) >= 11 is 1.84. The number of thioether (sulfide) groups is 1. The Hall–Kier alpha value is -1.46. The van der Waals surface area contributed by atoms with Crippen molar-refractivity contribution in [3.05, 3.63) is 30.5 Å². The molecule has 1 aromatic carbocycles. The highest BCUT2D eigenvalue weighted by atomic mass is 32.2. The molecule has 2 rings (SSSR count). The molecule has 0 radical (unpaired) electrons. The summed E-state index contributed by atoms with van der Waals surface area (Å²) in [5.74, 6) is 3.77. The van der Waals surface area contributed by atoms with Gasteiger partial charge in [0.25, 0.3) is 0 Å². The van der Waals surface area contributed by atoms with E-state index in [1.165, 1.54) is 0 Å². The monoisotopic (exact) mass is 292 g/mol. The molecule has 1 aromatic heterocycles. The fourth-order valence-corrected chi connectivity index (χ4v) is 2.72. The number of aliphatic hydroxyl groups excluding tert-OH is 1. The molecule has 4 nitrogen and oxygen atoms in total. The Morgan fingerprint density at radius 1 is 1.30 bits per heavy atom. The molecule has 0 aliphatic rings. The highest BCUT2D eigenvalue weighted by Gasteiger charge is 2.03. The average molecular weight is 292 g/mol. The minimum atomic E-state index is 0.271. The molecular weight excluding hydrogens is 272 g/mol. The highest BCUT2D eigenvalue weighted by molar-refractivity contribution is 7.99. The lowest BCUT2D eigenvalue weighted by atomic mass is 10.1. The van der Waals surface area contributed by atoms with Crippen LogP contribution in [-0.2, 0) is 0 Å². The van der Waals surface area contributed by atoms with Gasteiger partial charge in [0.15, 0.2) is 0 Å². The molecule has 0 aliphatic carbocycles. The molecule has 2 N–H and O–H groups in total. The molecule has 0 fully saturated rings. The Balaban J connectivity index is 1.96. The van der Waals surface area contributed by atoms with Crippen LogP contribution in [0.1, 0.15) is 6.42 Å². The predicted molar refractivity (Wildman–Crippen MR) is 85.8 cm³/mol. The Kier molecular flexibility index (Phi) is 5.95. The summed E-state index contributed by atoms with van der Waals surface area (Å²) in [6.07, 6.45) is 2.67. The maximum absolute atomic E-state index is 8.71. The average Bonchev–Trinajstić information content (AvgIpc) is 2.50. The van der Waals surface area contributed by atoms with Crippen LogP contribution < -0.4 is 10.1 Å². The van der Waals surface area contributed by atoms with Crippen LogP contribution in [0.15, 0.2) is 30.5 Å². The number of ether oxygens (including phenoxy) is 1. The molecule has 0 atom stereocenters. The standard InChI is InChI=1S/C15H20N2O2S/c1-19-13-3-4-14-12(11-13)5-6-16-15(14)17-7-10-20-9-2-8-18/h3-6,11,18H,2,7-10H2,1H3,(H,16,17). The number of hydrogen-bond donors (Lipinski definition) is 2. The van der Waals surface area contributed by atoms with E-state index in [2.05, 4.69) is 10.3 Å². The van der Waals surface area contributed by atoms with Crippen LogP contribution in [-0.4, -0.2) is 41.9 Å². The van der Waals surface area contributed by atoms with E-state index in [1.54, 1.807) is 7.11 Å². The van der Waals surface area contributed by atoms with Crippen LogP contribution in [0.25, 0.3) is 10.8 Å². The van der Waals surface area contributed by atoms with Crippen LogP contribution in [0.5, 0.6) is 5.75 Å². The summed E-state index contributed by atoms with van der Waals surface area (Å²) in [7, 11) is 1.67. The Morgan fingerprint density at radius 3 is 3.00 bits per heavy atom. The smallest absolute Gasteiger partial charge is 0.133 e. The summed E-state index contributed by atoms with van der Waals surface area (Å²) in [5.41, 5.74) is 0. The SMILES string of the molecule is COc1ccc2c(NCCSCCCO)nccc2c1. The van der Waals surface area contributed by atoms with Gasteiger partial charge >= 0.3 is 0 Å². The minimum absolute atomic E-state index is 0.271. The lowest BCUT2D eigenvalue weighted by Crippen LogP contribution is -2.06. The predicted octanol–water partition coefficient (Wildman–Crippen LogP) is 2.77. The van der Waals surface area contributed by atoms with E-state index < -0.39 is 0 Å². The number of rotatable bonds is 8. The zero-order valence-corrected chi connectivity index (χ0v) is 12.4. The van der Waals surface area contributed by atoms with Gasteiger partial charge in [0.2, 0.25) is 0 Å². The number of pyridine rings is 1. The summed E-state index contributed by atoms with van der Waals surface area (Å²) < 4.78 is 5.23. The van der Waals surface area contributed by atoms with E-state index in [-0.39, 0.29) is 6.61 Å². The van der Waals surface area contributed by atoms with Crippen molar-refractivity contribution in [3.63, 3.8) is 0 Å². The molecule has 0 amide bonds. The third-order valence-corrected chi connectivity index (χ3v) is 4.03. The maximum atomic E-state index is 8.71. The van der Waals surface area contributed by atoms with Gasteiger partial charge in [-0.2, -0.15) is 11.8 Å². The zero-order valence-electron chi connectivity index (χ0n) is 11.6. The fraction of sp³-hybridized carbons (Fsp3) is 0.400. The number of hydrogen-bond acceptors (Lipinski definition) is 5. The number of nitrogens with one attached hydrogen (secondary N) is 1. The molecule has 0 bridgehead atoms. The van der Waals surface area contributed by atoms with Crippen molar-refractivity contribution in [2.24, 2.45) is 0 Å². The van der Waals surface area contributed by atoms with Crippen molar-refractivity contribution >= 4 is 28.4 Å². The third kappa shape index (κ3) is 4.02. The maximum Gasteiger partial charge on any atom is 0.133 e. The number of anilines is 1. The van der Waals surface area contributed by atoms with E-state index >= 15 is 0 Å². The van der Waals surface area contributed by atoms with Gasteiger partial charge in [0.05, 0.1) is 7.11 Å². The molecular formula is C15H20N2O2S. The number of aromatic nitrogens is 1. The van der Waals surface area contributed by atoms with Gasteiger partial charge in [0.1, 0.15) is 11.6 Å². The minimum Gasteiger partial charge on any atom is -0.497 e. The van der Waals surface area contributed by atoms with Crippen molar-refractivity contribution < 1.29 is 9.84 Å². The quantitative estimate of drug-likeness (QED) is 0.733.